The van der Waals surface area contributed by atoms with E-state index in [0.717, 1.165) is 25.3 Å². The van der Waals surface area contributed by atoms with Crippen LogP contribution in [0.5, 0.6) is 0 Å². The molecule has 1 aliphatic rings. The van der Waals surface area contributed by atoms with Crippen LogP contribution < -0.4 is 11.1 Å². The van der Waals surface area contributed by atoms with Crippen LogP contribution >= 0.6 is 0 Å². The minimum atomic E-state index is 0.0875. The fourth-order valence-electron chi connectivity index (χ4n) is 2.43. The lowest BCUT2D eigenvalue weighted by Crippen LogP contribution is -2.44. The van der Waals surface area contributed by atoms with Gasteiger partial charge in [0.1, 0.15) is 5.76 Å². The Balaban J connectivity index is 1.92. The van der Waals surface area contributed by atoms with E-state index in [1.54, 1.807) is 6.26 Å². The number of hydrogen-bond acceptors (Lipinski definition) is 4. The van der Waals surface area contributed by atoms with E-state index in [1.165, 1.54) is 12.8 Å². The molecule has 2 rings (SSSR count). The first-order chi connectivity index (χ1) is 9.74. The number of nitrogens with zero attached hydrogens (tertiary/aromatic N) is 1. The van der Waals surface area contributed by atoms with Crippen LogP contribution in [-0.4, -0.2) is 36.0 Å². The van der Waals surface area contributed by atoms with Crippen LogP contribution in [0.3, 0.4) is 0 Å². The van der Waals surface area contributed by atoms with Gasteiger partial charge in [0.15, 0.2) is 0 Å². The van der Waals surface area contributed by atoms with Crippen molar-refractivity contribution in [3.8, 4) is 0 Å². The van der Waals surface area contributed by atoms with Crippen molar-refractivity contribution in [3.05, 3.63) is 24.2 Å². The van der Waals surface area contributed by atoms with Crippen molar-refractivity contribution in [1.82, 2.24) is 10.2 Å². The summed E-state index contributed by atoms with van der Waals surface area (Å²) in [5, 5.41) is 2.93. The molecule has 5 heteroatoms. The van der Waals surface area contributed by atoms with E-state index in [-0.39, 0.29) is 11.9 Å². The molecule has 1 aliphatic carbocycles. The number of hydrogen-bond donors (Lipinski definition) is 2. The van der Waals surface area contributed by atoms with Crippen LogP contribution in [0.1, 0.15) is 38.4 Å². The number of rotatable bonds is 9. The van der Waals surface area contributed by atoms with E-state index < -0.39 is 0 Å². The minimum Gasteiger partial charge on any atom is -0.468 e. The average Bonchev–Trinajstić information content (AvgIpc) is 3.17. The first-order valence-corrected chi connectivity index (χ1v) is 7.49. The van der Waals surface area contributed by atoms with Gasteiger partial charge in [-0.25, -0.2) is 0 Å². The van der Waals surface area contributed by atoms with Crippen LogP contribution in [0.2, 0.25) is 0 Å². The standard InChI is InChI=1S/C15H25N3O2/c1-2-7-17-15(19)9-13(10-16)18(12-5-6-12)11-14-4-3-8-20-14/h3-4,8,12-13H,2,5-7,9-11,16H2,1H3,(H,17,19). The Morgan fingerprint density at radius 3 is 2.95 bits per heavy atom. The van der Waals surface area contributed by atoms with Crippen LogP contribution in [-0.2, 0) is 11.3 Å². The van der Waals surface area contributed by atoms with Crippen molar-refractivity contribution in [1.29, 1.82) is 0 Å². The summed E-state index contributed by atoms with van der Waals surface area (Å²) in [4.78, 5) is 14.2. The fraction of sp³-hybridized carbons (Fsp3) is 0.667. The molecule has 1 saturated carbocycles. The van der Waals surface area contributed by atoms with E-state index in [0.29, 0.717) is 19.0 Å². The minimum absolute atomic E-state index is 0.0875. The molecule has 112 valence electrons. The molecule has 0 saturated heterocycles. The smallest absolute Gasteiger partial charge is 0.221 e. The van der Waals surface area contributed by atoms with E-state index in [1.807, 2.05) is 19.1 Å². The summed E-state index contributed by atoms with van der Waals surface area (Å²) in [5.74, 6) is 1.02. The lowest BCUT2D eigenvalue weighted by atomic mass is 10.1. The number of amides is 1. The maximum Gasteiger partial charge on any atom is 0.221 e. The van der Waals surface area contributed by atoms with Gasteiger partial charge in [0.05, 0.1) is 12.8 Å². The van der Waals surface area contributed by atoms with Gasteiger partial charge in [-0.05, 0) is 31.4 Å². The van der Waals surface area contributed by atoms with Crippen molar-refractivity contribution < 1.29 is 9.21 Å². The van der Waals surface area contributed by atoms with Gasteiger partial charge in [0.2, 0.25) is 5.91 Å². The Bertz CT molecular complexity index is 401. The number of carbonyl (C=O) groups is 1. The molecule has 5 nitrogen and oxygen atoms in total. The van der Waals surface area contributed by atoms with Crippen molar-refractivity contribution in [2.75, 3.05) is 13.1 Å². The van der Waals surface area contributed by atoms with Crippen molar-refractivity contribution in [2.24, 2.45) is 5.73 Å². The molecule has 1 heterocycles. The normalized spacial score (nSPS) is 16.4. The van der Waals surface area contributed by atoms with Crippen LogP contribution in [0.4, 0.5) is 0 Å². The second-order valence-electron chi connectivity index (χ2n) is 5.43. The summed E-state index contributed by atoms with van der Waals surface area (Å²) in [7, 11) is 0. The summed E-state index contributed by atoms with van der Waals surface area (Å²) >= 11 is 0. The average molecular weight is 279 g/mol. The predicted molar refractivity (Wildman–Crippen MR) is 78.0 cm³/mol. The molecular weight excluding hydrogens is 254 g/mol. The van der Waals surface area contributed by atoms with Gasteiger partial charge in [0.25, 0.3) is 0 Å². The summed E-state index contributed by atoms with van der Waals surface area (Å²) < 4.78 is 5.42. The van der Waals surface area contributed by atoms with Gasteiger partial charge in [0, 0.05) is 31.6 Å². The Morgan fingerprint density at radius 2 is 2.40 bits per heavy atom. The van der Waals surface area contributed by atoms with Crippen LogP contribution in [0, 0.1) is 0 Å². The second kappa shape index (κ2) is 7.45. The lowest BCUT2D eigenvalue weighted by molar-refractivity contribution is -0.122. The Morgan fingerprint density at radius 1 is 1.60 bits per heavy atom. The quantitative estimate of drug-likeness (QED) is 0.718. The fourth-order valence-corrected chi connectivity index (χ4v) is 2.43. The third kappa shape index (κ3) is 4.35. The molecule has 0 bridgehead atoms. The summed E-state index contributed by atoms with van der Waals surface area (Å²) in [5.41, 5.74) is 5.89. The van der Waals surface area contributed by atoms with Gasteiger partial charge in [-0.2, -0.15) is 0 Å². The Kier molecular flexibility index (Phi) is 5.61. The molecule has 1 atom stereocenters. The third-order valence-corrected chi connectivity index (χ3v) is 3.67. The van der Waals surface area contributed by atoms with Crippen LogP contribution in [0.25, 0.3) is 0 Å². The highest BCUT2D eigenvalue weighted by Crippen LogP contribution is 2.30. The zero-order valence-corrected chi connectivity index (χ0v) is 12.2. The summed E-state index contributed by atoms with van der Waals surface area (Å²) in [6.07, 6.45) is 5.48. The van der Waals surface area contributed by atoms with Crippen molar-refractivity contribution in [3.63, 3.8) is 0 Å². The largest absolute Gasteiger partial charge is 0.468 e. The van der Waals surface area contributed by atoms with Gasteiger partial charge >= 0.3 is 0 Å². The first-order valence-electron chi connectivity index (χ1n) is 7.49. The SMILES string of the molecule is CCCNC(=O)CC(CN)N(Cc1ccco1)C1CC1. The van der Waals surface area contributed by atoms with Gasteiger partial charge in [-0.15, -0.1) is 0 Å². The van der Waals surface area contributed by atoms with Crippen molar-refractivity contribution >= 4 is 5.91 Å². The highest BCUT2D eigenvalue weighted by molar-refractivity contribution is 5.76. The zero-order chi connectivity index (χ0) is 14.4. The molecule has 1 aromatic rings. The van der Waals surface area contributed by atoms with E-state index in [9.17, 15) is 4.79 Å². The van der Waals surface area contributed by atoms with Gasteiger partial charge < -0.3 is 15.5 Å². The molecule has 0 aliphatic heterocycles. The molecule has 1 fully saturated rings. The maximum absolute atomic E-state index is 11.9. The van der Waals surface area contributed by atoms with Crippen LogP contribution in [0.15, 0.2) is 22.8 Å². The third-order valence-electron chi connectivity index (χ3n) is 3.67. The predicted octanol–water partition coefficient (Wildman–Crippen LogP) is 1.49. The monoisotopic (exact) mass is 279 g/mol. The van der Waals surface area contributed by atoms with E-state index in [2.05, 4.69) is 10.2 Å². The molecule has 3 N–H and O–H groups in total. The Hall–Kier alpha value is -1.33. The molecule has 0 radical (unpaired) electrons. The molecule has 0 spiro atoms. The highest BCUT2D eigenvalue weighted by atomic mass is 16.3. The summed E-state index contributed by atoms with van der Waals surface area (Å²) in [6.45, 7) is 4.02. The summed E-state index contributed by atoms with van der Waals surface area (Å²) in [6, 6.07) is 4.50. The molecule has 1 amide bonds. The van der Waals surface area contributed by atoms with Crippen molar-refractivity contribution in [2.45, 2.75) is 51.2 Å². The highest BCUT2D eigenvalue weighted by Gasteiger charge is 2.34. The number of nitrogens with two attached hydrogens (primary N) is 1. The van der Waals surface area contributed by atoms with E-state index in [4.69, 9.17) is 10.2 Å². The van der Waals surface area contributed by atoms with Gasteiger partial charge in [-0.1, -0.05) is 6.92 Å². The maximum atomic E-state index is 11.9. The first kappa shape index (κ1) is 15.1. The van der Waals surface area contributed by atoms with Gasteiger partial charge in [-0.3, -0.25) is 9.69 Å². The Labute approximate surface area is 120 Å². The number of carbonyl (C=O) groups excluding carboxylic acids is 1. The lowest BCUT2D eigenvalue weighted by Gasteiger charge is -2.29. The zero-order valence-electron chi connectivity index (χ0n) is 12.2. The molecule has 1 aromatic heterocycles. The molecular formula is C15H25N3O2. The number of furan rings is 1. The van der Waals surface area contributed by atoms with E-state index >= 15 is 0 Å². The number of nitrogens with one attached hydrogen (secondary N) is 1. The topological polar surface area (TPSA) is 71.5 Å². The molecule has 0 aromatic carbocycles. The molecule has 1 unspecified atom stereocenters. The molecule has 20 heavy (non-hydrogen) atoms. The second-order valence-corrected chi connectivity index (χ2v) is 5.43.